The van der Waals surface area contributed by atoms with Crippen LogP contribution in [-0.4, -0.2) is 116 Å². The molecule has 0 fully saturated rings. The molecule has 2 aromatic rings. The van der Waals surface area contributed by atoms with Crippen molar-refractivity contribution in [2.24, 2.45) is 21.6 Å². The minimum absolute atomic E-state index is 0.00775. The van der Waals surface area contributed by atoms with Crippen LogP contribution in [0.4, 0.5) is 4.79 Å². The fourth-order valence-electron chi connectivity index (χ4n) is 6.99. The number of carbonyl (C=O) groups excluding carboxylic acids is 1. The summed E-state index contributed by atoms with van der Waals surface area (Å²) in [7, 11) is 0. The highest BCUT2D eigenvalue weighted by molar-refractivity contribution is 6.06. The van der Waals surface area contributed by atoms with Gasteiger partial charge in [-0.3, -0.25) is 9.79 Å². The van der Waals surface area contributed by atoms with E-state index in [2.05, 4.69) is 58.2 Å². The van der Waals surface area contributed by atoms with E-state index < -0.39 is 23.3 Å². The van der Waals surface area contributed by atoms with Gasteiger partial charge in [0, 0.05) is 25.5 Å². The highest BCUT2D eigenvalue weighted by atomic mass is 16.6. The molecule has 19 heteroatoms. The fraction of sp³-hybridized carbons (Fsp3) is 0.700. The molecule has 6 N–H and O–H groups in total. The van der Waals surface area contributed by atoms with Crippen molar-refractivity contribution in [2.45, 2.75) is 135 Å². The Kier molecular flexibility index (Phi) is 17.8. The van der Waals surface area contributed by atoms with Crippen LogP contribution in [0.3, 0.4) is 0 Å². The van der Waals surface area contributed by atoms with Crippen molar-refractivity contribution in [1.82, 2.24) is 35.3 Å². The zero-order valence-corrected chi connectivity index (χ0v) is 35.7. The minimum atomic E-state index is -0.955. The number of nitrogens with two attached hydrogens (primary N) is 2. The molecule has 1 amide bonds. The van der Waals surface area contributed by atoms with E-state index in [0.717, 1.165) is 49.2 Å². The van der Waals surface area contributed by atoms with E-state index in [1.165, 1.54) is 4.68 Å². The van der Waals surface area contributed by atoms with E-state index in [1.807, 2.05) is 38.2 Å². The summed E-state index contributed by atoms with van der Waals surface area (Å²) >= 11 is 0. The van der Waals surface area contributed by atoms with Crippen molar-refractivity contribution in [3.05, 3.63) is 47.1 Å². The average molecular weight is 828 g/mol. The quantitative estimate of drug-likeness (QED) is 0.0480. The summed E-state index contributed by atoms with van der Waals surface area (Å²) in [4.78, 5) is 33.1. The number of aliphatic carboxylic acids is 1. The number of carboxylic acids is 1. The summed E-state index contributed by atoms with van der Waals surface area (Å²) in [6.07, 6.45) is 13.6. The average Bonchev–Trinajstić information content (AvgIpc) is 3.91. The molecule has 2 aliphatic carbocycles. The Morgan fingerprint density at radius 3 is 2.47 bits per heavy atom. The largest absolute Gasteiger partial charge is 0.481 e. The first-order valence-electron chi connectivity index (χ1n) is 20.5. The number of oxime groups is 1. The summed E-state index contributed by atoms with van der Waals surface area (Å²) in [5, 5.41) is 33.9. The predicted molar refractivity (Wildman–Crippen MR) is 221 cm³/mol. The number of alkyl carbamates (subject to hydrolysis) is 1. The first-order valence-corrected chi connectivity index (χ1v) is 20.5. The van der Waals surface area contributed by atoms with Crippen LogP contribution in [0.25, 0.3) is 0 Å². The first-order chi connectivity index (χ1) is 28.1. The maximum absolute atomic E-state index is 12.5. The number of hydrogen-bond donors (Lipinski definition) is 4. The molecule has 59 heavy (non-hydrogen) atoms. The molecule has 0 saturated heterocycles. The maximum atomic E-state index is 12.5. The van der Waals surface area contributed by atoms with Crippen LogP contribution >= 0.6 is 0 Å². The number of fused-ring (bicyclic) bond motifs is 1. The van der Waals surface area contributed by atoms with Gasteiger partial charge in [0.25, 0.3) is 0 Å². The van der Waals surface area contributed by atoms with Gasteiger partial charge in [0.2, 0.25) is 0 Å². The highest BCUT2D eigenvalue weighted by Gasteiger charge is 2.38. The number of amides is 1. The van der Waals surface area contributed by atoms with Gasteiger partial charge in [-0.2, -0.15) is 0 Å². The molecule has 2 heterocycles. The van der Waals surface area contributed by atoms with Crippen molar-refractivity contribution in [3.8, 4) is 0 Å². The zero-order valence-electron chi connectivity index (χ0n) is 35.7. The highest BCUT2D eigenvalue weighted by Crippen LogP contribution is 2.39. The number of carbonyl (C=O) groups is 2. The molecule has 2 aliphatic rings. The van der Waals surface area contributed by atoms with Crippen LogP contribution in [0.15, 0.2) is 34.5 Å². The van der Waals surface area contributed by atoms with Crippen molar-refractivity contribution in [1.29, 1.82) is 0 Å². The third kappa shape index (κ3) is 15.3. The van der Waals surface area contributed by atoms with Crippen LogP contribution in [0.2, 0.25) is 0 Å². The molecule has 0 bridgehead atoms. The van der Waals surface area contributed by atoms with Gasteiger partial charge in [-0.05, 0) is 85.8 Å². The van der Waals surface area contributed by atoms with Gasteiger partial charge in [0.15, 0.2) is 5.96 Å². The SMILES string of the molecule is CC(C)(CCNC(=O)OCCn1nnc(COCCN=C(N)N)c1CCC(=O)O)OCCC(C)(C)n1nnc2c1CCCCCC2C(C)(C)OCCON=C1C=CC=C1. The second-order valence-electron chi connectivity index (χ2n) is 16.4. The van der Waals surface area contributed by atoms with E-state index in [4.69, 9.17) is 45.6 Å². The number of nitrogens with one attached hydrogen (secondary N) is 1. The summed E-state index contributed by atoms with van der Waals surface area (Å²) in [5.41, 5.74) is 13.4. The molecule has 19 nitrogen and oxygen atoms in total. The number of carboxylic acid groups (broad SMARTS) is 1. The number of allylic oxidation sites excluding steroid dienone is 4. The van der Waals surface area contributed by atoms with Crippen LogP contribution in [0.1, 0.15) is 115 Å². The Balaban J connectivity index is 1.21. The molecular formula is C40H65N11O8. The van der Waals surface area contributed by atoms with Crippen LogP contribution < -0.4 is 16.8 Å². The van der Waals surface area contributed by atoms with Crippen molar-refractivity contribution >= 4 is 23.7 Å². The lowest BCUT2D eigenvalue weighted by atomic mass is 9.80. The Morgan fingerprint density at radius 2 is 1.73 bits per heavy atom. The van der Waals surface area contributed by atoms with Gasteiger partial charge in [-0.1, -0.05) is 40.6 Å². The molecule has 328 valence electrons. The fourth-order valence-corrected chi connectivity index (χ4v) is 6.99. The molecule has 1 atom stereocenters. The molecular weight excluding hydrogens is 763 g/mol. The molecule has 0 aliphatic heterocycles. The molecule has 0 aromatic carbocycles. The van der Waals surface area contributed by atoms with Crippen molar-refractivity contribution in [2.75, 3.05) is 46.1 Å². The van der Waals surface area contributed by atoms with Crippen LogP contribution in [0.5, 0.6) is 0 Å². The van der Waals surface area contributed by atoms with E-state index >= 15 is 0 Å². The monoisotopic (exact) mass is 828 g/mol. The van der Waals surface area contributed by atoms with Gasteiger partial charge >= 0.3 is 12.1 Å². The lowest BCUT2D eigenvalue weighted by molar-refractivity contribution is -0.137. The van der Waals surface area contributed by atoms with E-state index in [-0.39, 0.29) is 63.2 Å². The topological polar surface area (TPSA) is 251 Å². The molecule has 0 saturated carbocycles. The van der Waals surface area contributed by atoms with Crippen molar-refractivity contribution in [3.63, 3.8) is 0 Å². The number of ether oxygens (including phenoxy) is 4. The molecule has 4 rings (SSSR count). The van der Waals surface area contributed by atoms with Gasteiger partial charge in [-0.25, -0.2) is 14.2 Å². The maximum Gasteiger partial charge on any atom is 0.407 e. The predicted octanol–water partition coefficient (Wildman–Crippen LogP) is 3.91. The van der Waals surface area contributed by atoms with Gasteiger partial charge in [0.05, 0.1) is 73.2 Å². The Morgan fingerprint density at radius 1 is 0.949 bits per heavy atom. The second kappa shape index (κ2) is 22.5. The molecule has 0 radical (unpaired) electrons. The normalized spacial score (nSPS) is 15.7. The smallest absolute Gasteiger partial charge is 0.407 e. The Labute approximate surface area is 346 Å². The van der Waals surface area contributed by atoms with Crippen LogP contribution in [0, 0.1) is 0 Å². The molecule has 1 unspecified atom stereocenters. The third-order valence-electron chi connectivity index (χ3n) is 10.4. The lowest BCUT2D eigenvalue weighted by Gasteiger charge is -2.35. The molecule has 0 spiro atoms. The van der Waals surface area contributed by atoms with E-state index in [9.17, 15) is 14.7 Å². The number of aliphatic imine (C=N–C) groups is 1. The Hall–Kier alpha value is -4.88. The Bertz CT molecular complexity index is 1760. The van der Waals surface area contributed by atoms with Crippen molar-refractivity contribution < 1.29 is 38.5 Å². The first kappa shape index (κ1) is 46.8. The third-order valence-corrected chi connectivity index (χ3v) is 10.4. The zero-order chi connectivity index (χ0) is 42.9. The number of hydrogen-bond acceptors (Lipinski definition) is 13. The van der Waals surface area contributed by atoms with Crippen LogP contribution in [-0.2, 0) is 60.1 Å². The summed E-state index contributed by atoms with van der Waals surface area (Å²) in [6, 6.07) is 0. The van der Waals surface area contributed by atoms with Gasteiger partial charge in [0.1, 0.15) is 24.6 Å². The number of rotatable bonds is 25. The van der Waals surface area contributed by atoms with E-state index in [1.54, 1.807) is 0 Å². The number of guanidine groups is 1. The van der Waals surface area contributed by atoms with Gasteiger partial charge < -0.3 is 45.7 Å². The lowest BCUT2D eigenvalue weighted by Crippen LogP contribution is -2.37. The number of aromatic nitrogens is 6. The standard InChI is InChI=1S/C40H65N11O8/c1-38(2,51-33-15-9-7-8-14-30(35(33)46-49-51)40(5,6)58-26-27-59-47-29-12-10-11-13-29)19-23-57-39(3,4)18-20-44-37(54)56-25-22-50-32(16-17-34(52)53)31(45-48-50)28-55-24-21-43-36(41)42/h10-13,30H,7-9,14-28H2,1-6H3,(H,44,54)(H,52,53)(H4,41,42,43). The summed E-state index contributed by atoms with van der Waals surface area (Å²) in [5.74, 6) is -0.906. The number of nitrogens with zero attached hydrogens (tertiary/aromatic N) is 8. The summed E-state index contributed by atoms with van der Waals surface area (Å²) in [6.45, 7) is 15.0. The minimum Gasteiger partial charge on any atom is -0.481 e. The second-order valence-corrected chi connectivity index (χ2v) is 16.4. The van der Waals surface area contributed by atoms with Gasteiger partial charge in [-0.15, -0.1) is 10.2 Å². The van der Waals surface area contributed by atoms with E-state index in [0.29, 0.717) is 50.6 Å². The summed E-state index contributed by atoms with van der Waals surface area (Å²) < 4.78 is 27.3. The molecule has 2 aromatic heterocycles.